The summed E-state index contributed by atoms with van der Waals surface area (Å²) in [5.41, 5.74) is 2.48. The number of hydrogen-bond donors (Lipinski definition) is 1. The van der Waals surface area contributed by atoms with Gasteiger partial charge in [0.1, 0.15) is 6.54 Å². The van der Waals surface area contributed by atoms with Crippen LogP contribution >= 0.6 is 11.3 Å². The number of thiophene rings is 1. The minimum Gasteiger partial charge on any atom is -0.354 e. The normalized spacial score (nSPS) is 10.7. The Morgan fingerprint density at radius 2 is 2.13 bits per heavy atom. The molecule has 118 valence electrons. The quantitative estimate of drug-likeness (QED) is 0.752. The van der Waals surface area contributed by atoms with Gasteiger partial charge >= 0.3 is 0 Å². The number of tetrazole rings is 1. The first-order valence-corrected chi connectivity index (χ1v) is 8.23. The van der Waals surface area contributed by atoms with Gasteiger partial charge in [0.05, 0.1) is 4.88 Å². The van der Waals surface area contributed by atoms with Crippen molar-refractivity contribution in [1.29, 1.82) is 0 Å². The highest BCUT2D eigenvalue weighted by Gasteiger charge is 2.09. The zero-order chi connectivity index (χ0) is 16.1. The predicted octanol–water partition coefficient (Wildman–Crippen LogP) is 2.07. The largest absolute Gasteiger partial charge is 0.354 e. The third-order valence-electron chi connectivity index (χ3n) is 3.46. The molecule has 7 heteroatoms. The number of benzene rings is 1. The summed E-state index contributed by atoms with van der Waals surface area (Å²) in [5.74, 6) is 0.432. The van der Waals surface area contributed by atoms with Crippen LogP contribution in [0.1, 0.15) is 11.1 Å². The minimum atomic E-state index is -0.117. The first kappa shape index (κ1) is 15.4. The Balaban J connectivity index is 1.49. The van der Waals surface area contributed by atoms with Crippen molar-refractivity contribution in [2.45, 2.75) is 19.9 Å². The third kappa shape index (κ3) is 4.01. The van der Waals surface area contributed by atoms with Gasteiger partial charge in [-0.15, -0.1) is 21.5 Å². The molecular formula is C16H17N5OS. The summed E-state index contributed by atoms with van der Waals surface area (Å²) in [6.45, 7) is 2.74. The fourth-order valence-corrected chi connectivity index (χ4v) is 2.87. The van der Waals surface area contributed by atoms with E-state index in [9.17, 15) is 4.79 Å². The minimum absolute atomic E-state index is 0.0755. The highest BCUT2D eigenvalue weighted by molar-refractivity contribution is 7.13. The lowest BCUT2D eigenvalue weighted by molar-refractivity contribution is -0.122. The van der Waals surface area contributed by atoms with Crippen LogP contribution in [-0.2, 0) is 17.8 Å². The molecule has 0 unspecified atom stereocenters. The molecule has 1 aromatic carbocycles. The Labute approximate surface area is 138 Å². The summed E-state index contributed by atoms with van der Waals surface area (Å²) < 4.78 is 0. The van der Waals surface area contributed by atoms with E-state index in [0.29, 0.717) is 12.4 Å². The fourth-order valence-electron chi connectivity index (χ4n) is 2.23. The van der Waals surface area contributed by atoms with Crippen molar-refractivity contribution in [3.05, 3.63) is 52.9 Å². The van der Waals surface area contributed by atoms with Gasteiger partial charge in [-0.1, -0.05) is 30.3 Å². The van der Waals surface area contributed by atoms with Crippen molar-refractivity contribution in [2.75, 3.05) is 6.54 Å². The van der Waals surface area contributed by atoms with Gasteiger partial charge in [-0.05, 0) is 41.1 Å². The number of rotatable bonds is 6. The van der Waals surface area contributed by atoms with E-state index in [2.05, 4.69) is 39.8 Å². The average Bonchev–Trinajstić information content (AvgIpc) is 3.20. The van der Waals surface area contributed by atoms with Gasteiger partial charge in [0, 0.05) is 6.54 Å². The topological polar surface area (TPSA) is 72.7 Å². The van der Waals surface area contributed by atoms with Crippen LogP contribution in [0.15, 0.2) is 41.8 Å². The third-order valence-corrected chi connectivity index (χ3v) is 4.32. The van der Waals surface area contributed by atoms with E-state index in [0.717, 1.165) is 11.3 Å². The van der Waals surface area contributed by atoms with Crippen LogP contribution < -0.4 is 5.32 Å². The SMILES string of the molecule is Cc1ccccc1CCNC(=O)Cn1nnc(-c2cccs2)n1. The lowest BCUT2D eigenvalue weighted by Crippen LogP contribution is -2.30. The van der Waals surface area contributed by atoms with Crippen LogP contribution in [0.25, 0.3) is 10.7 Å². The Hall–Kier alpha value is -2.54. The van der Waals surface area contributed by atoms with Crippen molar-refractivity contribution in [1.82, 2.24) is 25.5 Å². The van der Waals surface area contributed by atoms with Crippen LogP contribution in [0.2, 0.25) is 0 Å². The van der Waals surface area contributed by atoms with Crippen LogP contribution in [0.3, 0.4) is 0 Å². The average molecular weight is 327 g/mol. The van der Waals surface area contributed by atoms with Crippen molar-refractivity contribution < 1.29 is 4.79 Å². The maximum atomic E-state index is 11.9. The van der Waals surface area contributed by atoms with Gasteiger partial charge in [-0.25, -0.2) is 0 Å². The Morgan fingerprint density at radius 1 is 1.26 bits per heavy atom. The predicted molar refractivity (Wildman–Crippen MR) is 89.0 cm³/mol. The fraction of sp³-hybridized carbons (Fsp3) is 0.250. The highest BCUT2D eigenvalue weighted by atomic mass is 32.1. The lowest BCUT2D eigenvalue weighted by atomic mass is 10.1. The van der Waals surface area contributed by atoms with E-state index in [1.165, 1.54) is 15.9 Å². The van der Waals surface area contributed by atoms with E-state index in [1.807, 2.05) is 29.6 Å². The maximum Gasteiger partial charge on any atom is 0.243 e. The molecule has 0 aliphatic rings. The summed E-state index contributed by atoms with van der Waals surface area (Å²) in [6.07, 6.45) is 0.809. The number of aromatic nitrogens is 4. The molecule has 0 aliphatic heterocycles. The van der Waals surface area contributed by atoms with Crippen molar-refractivity contribution >= 4 is 17.2 Å². The second-order valence-electron chi connectivity index (χ2n) is 5.15. The Bertz CT molecular complexity index is 781. The van der Waals surface area contributed by atoms with Gasteiger partial charge in [0.25, 0.3) is 0 Å². The second-order valence-corrected chi connectivity index (χ2v) is 6.09. The molecule has 1 N–H and O–H groups in total. The molecule has 23 heavy (non-hydrogen) atoms. The molecule has 0 fully saturated rings. The zero-order valence-electron chi connectivity index (χ0n) is 12.8. The standard InChI is InChI=1S/C16H17N5OS/c1-12-5-2-3-6-13(12)8-9-17-15(22)11-21-19-16(18-20-21)14-7-4-10-23-14/h2-7,10H,8-9,11H2,1H3,(H,17,22). The van der Waals surface area contributed by atoms with Gasteiger partial charge in [-0.3, -0.25) is 4.79 Å². The van der Waals surface area contributed by atoms with Crippen molar-refractivity contribution in [3.63, 3.8) is 0 Å². The Kier molecular flexibility index (Phi) is 4.77. The van der Waals surface area contributed by atoms with Crippen LogP contribution in [0.4, 0.5) is 0 Å². The maximum absolute atomic E-state index is 11.9. The summed E-state index contributed by atoms with van der Waals surface area (Å²) in [5, 5.41) is 16.9. The monoisotopic (exact) mass is 327 g/mol. The first-order valence-electron chi connectivity index (χ1n) is 7.35. The number of amides is 1. The molecule has 6 nitrogen and oxygen atoms in total. The lowest BCUT2D eigenvalue weighted by Gasteiger charge is -2.07. The number of hydrogen-bond acceptors (Lipinski definition) is 5. The van der Waals surface area contributed by atoms with Crippen LogP contribution in [0, 0.1) is 6.92 Å². The molecular weight excluding hydrogens is 310 g/mol. The van der Waals surface area contributed by atoms with E-state index in [4.69, 9.17) is 0 Å². The highest BCUT2D eigenvalue weighted by Crippen LogP contribution is 2.19. The summed E-state index contributed by atoms with van der Waals surface area (Å²) in [4.78, 5) is 14.2. The number of aryl methyl sites for hydroxylation is 1. The summed E-state index contributed by atoms with van der Waals surface area (Å²) in [7, 11) is 0. The molecule has 0 radical (unpaired) electrons. The second kappa shape index (κ2) is 7.15. The first-order chi connectivity index (χ1) is 11.2. The molecule has 2 aromatic heterocycles. The molecule has 3 aromatic rings. The van der Waals surface area contributed by atoms with Crippen molar-refractivity contribution in [2.24, 2.45) is 0 Å². The van der Waals surface area contributed by atoms with Gasteiger partial charge in [-0.2, -0.15) is 4.80 Å². The number of carbonyl (C=O) groups excluding carboxylic acids is 1. The Morgan fingerprint density at radius 3 is 2.91 bits per heavy atom. The number of carbonyl (C=O) groups is 1. The number of nitrogens with zero attached hydrogens (tertiary/aromatic N) is 4. The van der Waals surface area contributed by atoms with E-state index < -0.39 is 0 Å². The molecule has 0 atom stereocenters. The van der Waals surface area contributed by atoms with Crippen LogP contribution in [-0.4, -0.2) is 32.7 Å². The summed E-state index contributed by atoms with van der Waals surface area (Å²) in [6, 6.07) is 12.0. The smallest absolute Gasteiger partial charge is 0.243 e. The molecule has 0 saturated carbocycles. The summed E-state index contributed by atoms with van der Waals surface area (Å²) >= 11 is 1.54. The van der Waals surface area contributed by atoms with E-state index in [-0.39, 0.29) is 12.5 Å². The van der Waals surface area contributed by atoms with E-state index in [1.54, 1.807) is 11.3 Å². The zero-order valence-corrected chi connectivity index (χ0v) is 13.6. The van der Waals surface area contributed by atoms with E-state index >= 15 is 0 Å². The van der Waals surface area contributed by atoms with Gasteiger partial charge in [0.2, 0.25) is 11.7 Å². The molecule has 2 heterocycles. The molecule has 3 rings (SSSR count). The van der Waals surface area contributed by atoms with Crippen molar-refractivity contribution in [3.8, 4) is 10.7 Å². The van der Waals surface area contributed by atoms with Crippen LogP contribution in [0.5, 0.6) is 0 Å². The molecule has 0 aliphatic carbocycles. The molecule has 1 amide bonds. The molecule has 0 bridgehead atoms. The van der Waals surface area contributed by atoms with Gasteiger partial charge < -0.3 is 5.32 Å². The molecule has 0 spiro atoms. The number of nitrogens with one attached hydrogen (secondary N) is 1. The molecule has 0 saturated heterocycles. The van der Waals surface area contributed by atoms with Gasteiger partial charge in [0.15, 0.2) is 0 Å².